The Hall–Kier alpha value is -1.59. The number of halogens is 1. The molecule has 1 heterocycles. The second-order valence-electron chi connectivity index (χ2n) is 3.92. The number of nitrogens with zero attached hydrogens (tertiary/aromatic N) is 3. The van der Waals surface area contributed by atoms with Crippen molar-refractivity contribution >= 4 is 11.6 Å². The summed E-state index contributed by atoms with van der Waals surface area (Å²) in [7, 11) is 1.60. The first-order valence-electron chi connectivity index (χ1n) is 5.67. The predicted molar refractivity (Wildman–Crippen MR) is 70.1 cm³/mol. The molecule has 0 radical (unpaired) electrons. The van der Waals surface area contributed by atoms with Gasteiger partial charge in [-0.1, -0.05) is 23.7 Å². The smallest absolute Gasteiger partial charge is 0.121 e. The van der Waals surface area contributed by atoms with Gasteiger partial charge in [-0.05, 0) is 18.6 Å². The first-order chi connectivity index (χ1) is 8.65. The standard InChI is InChI=1S/C12H15ClN4O/c1-3-10(14)11-7-17(16-15-11)12-6-8(18-2)4-5-9(12)13/h4-7,10H,3,14H2,1-2H3. The van der Waals surface area contributed by atoms with Crippen molar-refractivity contribution in [2.45, 2.75) is 19.4 Å². The van der Waals surface area contributed by atoms with Gasteiger partial charge in [-0.2, -0.15) is 0 Å². The summed E-state index contributed by atoms with van der Waals surface area (Å²) in [4.78, 5) is 0. The molecule has 18 heavy (non-hydrogen) atoms. The van der Waals surface area contributed by atoms with Crippen molar-refractivity contribution in [2.24, 2.45) is 5.73 Å². The van der Waals surface area contributed by atoms with Gasteiger partial charge in [0.25, 0.3) is 0 Å². The SMILES string of the molecule is CCC(N)c1cn(-c2cc(OC)ccc2Cl)nn1. The van der Waals surface area contributed by atoms with Crippen molar-refractivity contribution in [2.75, 3.05) is 7.11 Å². The summed E-state index contributed by atoms with van der Waals surface area (Å²) < 4.78 is 6.77. The summed E-state index contributed by atoms with van der Waals surface area (Å²) >= 11 is 6.14. The monoisotopic (exact) mass is 266 g/mol. The number of hydrogen-bond donors (Lipinski definition) is 1. The van der Waals surface area contributed by atoms with E-state index in [0.717, 1.165) is 17.8 Å². The number of nitrogens with two attached hydrogens (primary N) is 1. The molecule has 5 nitrogen and oxygen atoms in total. The molecule has 0 bridgehead atoms. The Bertz CT molecular complexity index is 541. The lowest BCUT2D eigenvalue weighted by atomic mass is 10.2. The second-order valence-corrected chi connectivity index (χ2v) is 4.33. The number of rotatable bonds is 4. The molecule has 6 heteroatoms. The largest absolute Gasteiger partial charge is 0.497 e. The topological polar surface area (TPSA) is 66.0 Å². The van der Waals surface area contributed by atoms with E-state index in [2.05, 4.69) is 10.3 Å². The Morgan fingerprint density at radius 3 is 2.94 bits per heavy atom. The summed E-state index contributed by atoms with van der Waals surface area (Å²) in [5, 5.41) is 8.67. The predicted octanol–water partition coefficient (Wildman–Crippen LogP) is 2.34. The van der Waals surface area contributed by atoms with Crippen LogP contribution in [0.5, 0.6) is 5.75 Å². The quantitative estimate of drug-likeness (QED) is 0.922. The van der Waals surface area contributed by atoms with Gasteiger partial charge in [-0.3, -0.25) is 0 Å². The molecular formula is C12H15ClN4O. The summed E-state index contributed by atoms with van der Waals surface area (Å²) in [6.07, 6.45) is 2.60. The van der Waals surface area contributed by atoms with E-state index in [1.165, 1.54) is 0 Å². The minimum atomic E-state index is -0.108. The lowest BCUT2D eigenvalue weighted by Gasteiger charge is -2.06. The van der Waals surface area contributed by atoms with Gasteiger partial charge in [-0.15, -0.1) is 5.10 Å². The fourth-order valence-corrected chi connectivity index (χ4v) is 1.77. The zero-order valence-corrected chi connectivity index (χ0v) is 11.1. The van der Waals surface area contributed by atoms with Crippen LogP contribution in [0.1, 0.15) is 25.1 Å². The third-order valence-corrected chi connectivity index (χ3v) is 3.05. The van der Waals surface area contributed by atoms with Crippen molar-refractivity contribution in [1.82, 2.24) is 15.0 Å². The van der Waals surface area contributed by atoms with Crippen LogP contribution in [0.3, 0.4) is 0 Å². The second kappa shape index (κ2) is 5.37. The minimum Gasteiger partial charge on any atom is -0.497 e. The highest BCUT2D eigenvalue weighted by molar-refractivity contribution is 6.32. The Labute approximate surface area is 111 Å². The first-order valence-corrected chi connectivity index (χ1v) is 6.05. The maximum absolute atomic E-state index is 6.14. The van der Waals surface area contributed by atoms with E-state index in [1.807, 2.05) is 6.92 Å². The van der Waals surface area contributed by atoms with E-state index in [4.69, 9.17) is 22.1 Å². The van der Waals surface area contributed by atoms with Crippen molar-refractivity contribution < 1.29 is 4.74 Å². The number of ether oxygens (including phenoxy) is 1. The minimum absolute atomic E-state index is 0.108. The van der Waals surface area contributed by atoms with Crippen molar-refractivity contribution in [3.05, 3.63) is 35.1 Å². The van der Waals surface area contributed by atoms with E-state index in [1.54, 1.807) is 36.2 Å². The van der Waals surface area contributed by atoms with E-state index in [-0.39, 0.29) is 6.04 Å². The highest BCUT2D eigenvalue weighted by Crippen LogP contribution is 2.25. The van der Waals surface area contributed by atoms with Crippen molar-refractivity contribution in [3.8, 4) is 11.4 Å². The molecule has 0 amide bonds. The summed E-state index contributed by atoms with van der Waals surface area (Å²) in [6.45, 7) is 2.00. The Morgan fingerprint density at radius 2 is 2.28 bits per heavy atom. The number of methoxy groups -OCH3 is 1. The molecule has 0 fully saturated rings. The average Bonchev–Trinajstić information content (AvgIpc) is 2.88. The van der Waals surface area contributed by atoms with Crippen molar-refractivity contribution in [3.63, 3.8) is 0 Å². The summed E-state index contributed by atoms with van der Waals surface area (Å²) in [5.74, 6) is 0.714. The molecule has 2 rings (SSSR count). The van der Waals surface area contributed by atoms with E-state index in [0.29, 0.717) is 10.8 Å². The molecular weight excluding hydrogens is 252 g/mol. The fourth-order valence-electron chi connectivity index (χ4n) is 1.57. The molecule has 2 N–H and O–H groups in total. The lowest BCUT2D eigenvalue weighted by molar-refractivity contribution is 0.414. The maximum Gasteiger partial charge on any atom is 0.121 e. The van der Waals surface area contributed by atoms with E-state index >= 15 is 0 Å². The Kier molecular flexibility index (Phi) is 3.84. The third-order valence-electron chi connectivity index (χ3n) is 2.73. The normalized spacial score (nSPS) is 12.4. The van der Waals surface area contributed by atoms with Gasteiger partial charge < -0.3 is 10.5 Å². The van der Waals surface area contributed by atoms with E-state index < -0.39 is 0 Å². The molecule has 0 aliphatic rings. The molecule has 0 saturated heterocycles. The molecule has 1 aromatic carbocycles. The molecule has 1 atom stereocenters. The Morgan fingerprint density at radius 1 is 1.50 bits per heavy atom. The molecule has 2 aromatic rings. The molecule has 1 aromatic heterocycles. The average molecular weight is 267 g/mol. The maximum atomic E-state index is 6.14. The summed E-state index contributed by atoms with van der Waals surface area (Å²) in [5.41, 5.74) is 7.37. The van der Waals surface area contributed by atoms with Crippen LogP contribution in [0.4, 0.5) is 0 Å². The van der Waals surface area contributed by atoms with E-state index in [9.17, 15) is 0 Å². The lowest BCUT2D eigenvalue weighted by Crippen LogP contribution is -2.08. The van der Waals surface area contributed by atoms with Gasteiger partial charge in [0.15, 0.2) is 0 Å². The highest BCUT2D eigenvalue weighted by atomic mass is 35.5. The highest BCUT2D eigenvalue weighted by Gasteiger charge is 2.11. The van der Waals surface area contributed by atoms with Crippen LogP contribution in [0.2, 0.25) is 5.02 Å². The number of hydrogen-bond acceptors (Lipinski definition) is 4. The van der Waals surface area contributed by atoms with Crippen molar-refractivity contribution in [1.29, 1.82) is 0 Å². The van der Waals surface area contributed by atoms with Gasteiger partial charge in [0.2, 0.25) is 0 Å². The molecule has 96 valence electrons. The molecule has 0 saturated carbocycles. The van der Waals surface area contributed by atoms with Gasteiger partial charge in [0, 0.05) is 6.07 Å². The van der Waals surface area contributed by atoms with Crippen LogP contribution in [0, 0.1) is 0 Å². The zero-order chi connectivity index (χ0) is 13.1. The molecule has 0 spiro atoms. The number of aromatic nitrogens is 3. The van der Waals surface area contributed by atoms with Crippen LogP contribution < -0.4 is 10.5 Å². The zero-order valence-electron chi connectivity index (χ0n) is 10.3. The third kappa shape index (κ3) is 2.47. The van der Waals surface area contributed by atoms with Crippen LogP contribution in [0.25, 0.3) is 5.69 Å². The van der Waals surface area contributed by atoms with Crippen LogP contribution in [-0.4, -0.2) is 22.1 Å². The van der Waals surface area contributed by atoms with Gasteiger partial charge in [0.1, 0.15) is 5.75 Å². The van der Waals surface area contributed by atoms with Gasteiger partial charge in [-0.25, -0.2) is 4.68 Å². The fraction of sp³-hybridized carbons (Fsp3) is 0.333. The van der Waals surface area contributed by atoms with Crippen LogP contribution in [-0.2, 0) is 0 Å². The van der Waals surface area contributed by atoms with Gasteiger partial charge in [0.05, 0.1) is 35.8 Å². The Balaban J connectivity index is 2.39. The molecule has 0 aliphatic carbocycles. The molecule has 1 unspecified atom stereocenters. The summed E-state index contributed by atoms with van der Waals surface area (Å²) in [6, 6.07) is 5.25. The van der Waals surface area contributed by atoms with Gasteiger partial charge >= 0.3 is 0 Å². The van der Waals surface area contributed by atoms with Crippen LogP contribution >= 0.6 is 11.6 Å². The molecule has 0 aliphatic heterocycles. The first kappa shape index (κ1) is 12.9. The number of benzene rings is 1. The van der Waals surface area contributed by atoms with Crippen LogP contribution in [0.15, 0.2) is 24.4 Å².